The number of alkyl halides is 2. The molecule has 0 aliphatic heterocycles. The average Bonchev–Trinajstić information content (AvgIpc) is 2.42. The van der Waals surface area contributed by atoms with E-state index in [1.807, 2.05) is 6.92 Å². The summed E-state index contributed by atoms with van der Waals surface area (Å²) in [6.45, 7) is 2.26. The smallest absolute Gasteiger partial charge is 0.280 e. The van der Waals surface area contributed by atoms with E-state index in [1.54, 1.807) is 0 Å². The number of aromatic nitrogens is 1. The van der Waals surface area contributed by atoms with Crippen molar-refractivity contribution < 1.29 is 22.0 Å². The lowest BCUT2D eigenvalue weighted by molar-refractivity contribution is 0.146. The second-order valence-electron chi connectivity index (χ2n) is 4.20. The molecular formula is C13H11F5N2. The van der Waals surface area contributed by atoms with Gasteiger partial charge in [0.05, 0.1) is 0 Å². The summed E-state index contributed by atoms with van der Waals surface area (Å²) >= 11 is 0. The van der Waals surface area contributed by atoms with Gasteiger partial charge in [0.2, 0.25) is 0 Å². The van der Waals surface area contributed by atoms with Gasteiger partial charge >= 0.3 is 0 Å². The number of rotatable bonds is 4. The number of pyridine rings is 1. The molecule has 2 aromatic rings. The van der Waals surface area contributed by atoms with Crippen molar-refractivity contribution in [2.75, 3.05) is 11.9 Å². The Morgan fingerprint density at radius 3 is 2.45 bits per heavy atom. The maximum absolute atomic E-state index is 13.7. The molecule has 2 rings (SSSR count). The van der Waals surface area contributed by atoms with Crippen LogP contribution in [0.15, 0.2) is 12.1 Å². The molecule has 7 heteroatoms. The van der Waals surface area contributed by atoms with Crippen LogP contribution in [0.5, 0.6) is 0 Å². The molecule has 1 aromatic carbocycles. The third kappa shape index (κ3) is 2.52. The van der Waals surface area contributed by atoms with Crippen LogP contribution in [0.2, 0.25) is 0 Å². The molecule has 1 heterocycles. The molecule has 0 unspecified atom stereocenters. The van der Waals surface area contributed by atoms with Gasteiger partial charge in [0.1, 0.15) is 11.2 Å². The van der Waals surface area contributed by atoms with Gasteiger partial charge < -0.3 is 5.32 Å². The maximum atomic E-state index is 13.7. The largest absolute Gasteiger partial charge is 0.384 e. The number of nitrogens with zero attached hydrogens (tertiary/aromatic N) is 1. The van der Waals surface area contributed by atoms with Crippen molar-refractivity contribution in [3.63, 3.8) is 0 Å². The number of anilines is 1. The molecule has 0 bridgehead atoms. The molecule has 0 radical (unpaired) electrons. The number of hydrogen-bond acceptors (Lipinski definition) is 2. The Morgan fingerprint density at radius 2 is 1.85 bits per heavy atom. The molecule has 20 heavy (non-hydrogen) atoms. The zero-order chi connectivity index (χ0) is 14.9. The first kappa shape index (κ1) is 14.5. The van der Waals surface area contributed by atoms with Crippen molar-refractivity contribution >= 4 is 16.6 Å². The SMILES string of the molecule is CCCNc1cc(C(F)F)nc2c(F)c(F)c(F)cc12. The van der Waals surface area contributed by atoms with E-state index in [1.165, 1.54) is 0 Å². The lowest BCUT2D eigenvalue weighted by Crippen LogP contribution is -2.05. The number of fused-ring (bicyclic) bond motifs is 1. The first-order chi connectivity index (χ1) is 9.45. The topological polar surface area (TPSA) is 24.9 Å². The number of halogens is 5. The summed E-state index contributed by atoms with van der Waals surface area (Å²) in [6.07, 6.45) is -2.26. The normalized spacial score (nSPS) is 11.3. The predicted molar refractivity (Wildman–Crippen MR) is 65.4 cm³/mol. The van der Waals surface area contributed by atoms with E-state index >= 15 is 0 Å². The Morgan fingerprint density at radius 1 is 1.15 bits per heavy atom. The van der Waals surface area contributed by atoms with Gasteiger partial charge in [0.15, 0.2) is 17.5 Å². The zero-order valence-electron chi connectivity index (χ0n) is 10.5. The van der Waals surface area contributed by atoms with Crippen molar-refractivity contribution in [1.29, 1.82) is 0 Å². The van der Waals surface area contributed by atoms with Crippen LogP contribution in [-0.4, -0.2) is 11.5 Å². The van der Waals surface area contributed by atoms with E-state index in [-0.39, 0.29) is 11.1 Å². The number of nitrogens with one attached hydrogen (secondary N) is 1. The first-order valence-corrected chi connectivity index (χ1v) is 5.95. The lowest BCUT2D eigenvalue weighted by atomic mass is 10.1. The molecule has 0 atom stereocenters. The Balaban J connectivity index is 2.74. The van der Waals surface area contributed by atoms with Gasteiger partial charge in [-0.15, -0.1) is 0 Å². The maximum Gasteiger partial charge on any atom is 0.280 e. The van der Waals surface area contributed by atoms with Gasteiger partial charge in [-0.2, -0.15) is 0 Å². The van der Waals surface area contributed by atoms with Crippen LogP contribution < -0.4 is 5.32 Å². The van der Waals surface area contributed by atoms with Crippen molar-refractivity contribution in [2.45, 2.75) is 19.8 Å². The summed E-state index contributed by atoms with van der Waals surface area (Å²) in [7, 11) is 0. The summed E-state index contributed by atoms with van der Waals surface area (Å²) < 4.78 is 65.5. The van der Waals surface area contributed by atoms with Gasteiger partial charge in [-0.05, 0) is 18.6 Å². The molecule has 0 aliphatic carbocycles. The summed E-state index contributed by atoms with van der Waals surface area (Å²) in [6, 6.07) is 1.76. The minimum Gasteiger partial charge on any atom is -0.384 e. The Hall–Kier alpha value is -1.92. The Bertz CT molecular complexity index is 642. The highest BCUT2D eigenvalue weighted by Gasteiger charge is 2.20. The first-order valence-electron chi connectivity index (χ1n) is 5.95. The van der Waals surface area contributed by atoms with Crippen LogP contribution in [0.3, 0.4) is 0 Å². The fraction of sp³-hybridized carbons (Fsp3) is 0.308. The van der Waals surface area contributed by atoms with Crippen molar-refractivity contribution in [3.05, 3.63) is 35.3 Å². The minimum atomic E-state index is -2.94. The highest BCUT2D eigenvalue weighted by molar-refractivity contribution is 5.92. The summed E-state index contributed by atoms with van der Waals surface area (Å²) in [5.74, 6) is -4.68. The monoisotopic (exact) mass is 290 g/mol. The third-order valence-corrected chi connectivity index (χ3v) is 2.75. The van der Waals surface area contributed by atoms with Crippen LogP contribution in [0.25, 0.3) is 10.9 Å². The molecule has 0 amide bonds. The standard InChI is InChI=1S/C13H11F5N2/c1-2-3-19-8-5-9(13(17)18)20-12-6(8)4-7(14)10(15)11(12)16/h4-5,13H,2-3H2,1H3,(H,19,20). The van der Waals surface area contributed by atoms with Crippen LogP contribution in [0.4, 0.5) is 27.6 Å². The molecule has 0 spiro atoms. The molecule has 108 valence electrons. The molecule has 2 nitrogen and oxygen atoms in total. The third-order valence-electron chi connectivity index (χ3n) is 2.75. The summed E-state index contributed by atoms with van der Waals surface area (Å²) in [4.78, 5) is 3.37. The Labute approximate surface area is 111 Å². The van der Waals surface area contributed by atoms with Crippen molar-refractivity contribution in [3.8, 4) is 0 Å². The van der Waals surface area contributed by atoms with Crippen LogP contribution >= 0.6 is 0 Å². The van der Waals surface area contributed by atoms with Gasteiger partial charge in [0, 0.05) is 17.6 Å². The number of benzene rings is 1. The summed E-state index contributed by atoms with van der Waals surface area (Å²) in [5, 5.41) is 2.71. The fourth-order valence-electron chi connectivity index (χ4n) is 1.80. The quantitative estimate of drug-likeness (QED) is 0.666. The van der Waals surface area contributed by atoms with Crippen LogP contribution in [-0.2, 0) is 0 Å². The predicted octanol–water partition coefficient (Wildman–Crippen LogP) is 4.41. The minimum absolute atomic E-state index is 0.0701. The van der Waals surface area contributed by atoms with Gasteiger partial charge in [0.25, 0.3) is 6.43 Å². The van der Waals surface area contributed by atoms with Crippen molar-refractivity contribution in [1.82, 2.24) is 4.98 Å². The van der Waals surface area contributed by atoms with E-state index in [9.17, 15) is 22.0 Å². The van der Waals surface area contributed by atoms with Gasteiger partial charge in [-0.1, -0.05) is 6.92 Å². The van der Waals surface area contributed by atoms with Gasteiger partial charge in [-0.3, -0.25) is 0 Å². The Kier molecular flexibility index (Phi) is 4.06. The molecule has 0 fully saturated rings. The van der Waals surface area contributed by atoms with Crippen LogP contribution in [0, 0.1) is 17.5 Å². The van der Waals surface area contributed by atoms with Crippen LogP contribution in [0.1, 0.15) is 25.5 Å². The number of hydrogen-bond donors (Lipinski definition) is 1. The van der Waals surface area contributed by atoms with E-state index in [4.69, 9.17) is 0 Å². The molecule has 1 N–H and O–H groups in total. The summed E-state index contributed by atoms with van der Waals surface area (Å²) in [5.41, 5.74) is -1.20. The molecular weight excluding hydrogens is 279 g/mol. The molecule has 0 saturated heterocycles. The second kappa shape index (κ2) is 5.60. The van der Waals surface area contributed by atoms with E-state index in [0.717, 1.165) is 12.1 Å². The average molecular weight is 290 g/mol. The zero-order valence-corrected chi connectivity index (χ0v) is 10.5. The lowest BCUT2D eigenvalue weighted by Gasteiger charge is -2.12. The van der Waals surface area contributed by atoms with E-state index in [2.05, 4.69) is 10.3 Å². The van der Waals surface area contributed by atoms with Crippen molar-refractivity contribution in [2.24, 2.45) is 0 Å². The van der Waals surface area contributed by atoms with E-state index in [0.29, 0.717) is 13.0 Å². The highest BCUT2D eigenvalue weighted by Crippen LogP contribution is 2.31. The van der Waals surface area contributed by atoms with Gasteiger partial charge in [-0.25, -0.2) is 26.9 Å². The highest BCUT2D eigenvalue weighted by atomic mass is 19.3. The molecule has 0 saturated carbocycles. The second-order valence-corrected chi connectivity index (χ2v) is 4.20. The molecule has 0 aliphatic rings. The fourth-order valence-corrected chi connectivity index (χ4v) is 1.80. The molecule has 1 aromatic heterocycles. The van der Waals surface area contributed by atoms with E-state index < -0.39 is 35.1 Å².